The molecule has 5 heteroatoms. The van der Waals surface area contributed by atoms with Gasteiger partial charge in [-0.2, -0.15) is 0 Å². The van der Waals surface area contributed by atoms with Crippen molar-refractivity contribution < 1.29 is 14.0 Å². The van der Waals surface area contributed by atoms with Crippen LogP contribution in [0.15, 0.2) is 24.3 Å². The predicted molar refractivity (Wildman–Crippen MR) is 80.8 cm³/mol. The van der Waals surface area contributed by atoms with Crippen molar-refractivity contribution in [3.63, 3.8) is 0 Å². The Balaban J connectivity index is 1.68. The van der Waals surface area contributed by atoms with Crippen LogP contribution in [-0.4, -0.2) is 36.3 Å². The molecule has 1 aromatic carbocycles. The van der Waals surface area contributed by atoms with Crippen LogP contribution in [-0.2, 0) is 4.79 Å². The van der Waals surface area contributed by atoms with Crippen LogP contribution < -0.4 is 5.32 Å². The summed E-state index contributed by atoms with van der Waals surface area (Å²) in [7, 11) is 1.84. The molecule has 1 N–H and O–H groups in total. The Hall–Kier alpha value is -1.91. The van der Waals surface area contributed by atoms with E-state index in [0.29, 0.717) is 12.0 Å². The first-order valence-corrected chi connectivity index (χ1v) is 7.82. The van der Waals surface area contributed by atoms with Crippen LogP contribution >= 0.6 is 0 Å². The second-order valence-electron chi connectivity index (χ2n) is 6.53. The summed E-state index contributed by atoms with van der Waals surface area (Å²) in [5.41, 5.74) is 0.0295. The number of hydrogen-bond donors (Lipinski definition) is 1. The van der Waals surface area contributed by atoms with E-state index in [1.807, 2.05) is 7.05 Å². The maximum absolute atomic E-state index is 13.2. The summed E-state index contributed by atoms with van der Waals surface area (Å²) < 4.78 is 13.2. The van der Waals surface area contributed by atoms with E-state index in [0.717, 1.165) is 32.2 Å². The van der Waals surface area contributed by atoms with Crippen LogP contribution in [0.25, 0.3) is 0 Å². The Morgan fingerprint density at radius 1 is 1.41 bits per heavy atom. The number of nitrogens with zero attached hydrogens (tertiary/aromatic N) is 1. The topological polar surface area (TPSA) is 49.4 Å². The fourth-order valence-corrected chi connectivity index (χ4v) is 3.80. The Morgan fingerprint density at radius 3 is 2.91 bits per heavy atom. The van der Waals surface area contributed by atoms with E-state index >= 15 is 0 Å². The van der Waals surface area contributed by atoms with Gasteiger partial charge in [-0.15, -0.1) is 0 Å². The molecule has 0 unspecified atom stereocenters. The van der Waals surface area contributed by atoms with Crippen molar-refractivity contribution >= 4 is 11.8 Å². The molecule has 1 saturated heterocycles. The molecular formula is C17H21FN2O2. The zero-order chi connectivity index (χ0) is 15.7. The fourth-order valence-electron chi connectivity index (χ4n) is 3.80. The number of halogens is 1. The van der Waals surface area contributed by atoms with Crippen LogP contribution in [0.2, 0.25) is 0 Å². The molecule has 22 heavy (non-hydrogen) atoms. The number of carbonyl (C=O) groups excluding carboxylic acids is 2. The van der Waals surface area contributed by atoms with E-state index in [1.54, 1.807) is 11.0 Å². The first-order valence-electron chi connectivity index (χ1n) is 7.82. The Labute approximate surface area is 129 Å². The standard InChI is InChI=1S/C17H21FN2O2/c1-20-9-8-17(16(20)22)7-3-6-14(11-17)19-15(21)12-4-2-5-13(18)10-12/h2,4-5,10,14H,3,6-9,11H2,1H3,(H,19,21)/t14-,17-/m0/s1. The van der Waals surface area contributed by atoms with E-state index in [1.165, 1.54) is 18.2 Å². The third kappa shape index (κ3) is 2.72. The van der Waals surface area contributed by atoms with Gasteiger partial charge >= 0.3 is 0 Å². The lowest BCUT2D eigenvalue weighted by Gasteiger charge is -2.36. The highest BCUT2D eigenvalue weighted by Gasteiger charge is 2.48. The van der Waals surface area contributed by atoms with Crippen molar-refractivity contribution in [1.82, 2.24) is 10.2 Å². The van der Waals surface area contributed by atoms with Crippen LogP contribution in [0.5, 0.6) is 0 Å². The van der Waals surface area contributed by atoms with Crippen LogP contribution in [0.1, 0.15) is 42.5 Å². The Kier molecular flexibility index (Phi) is 3.89. The highest BCUT2D eigenvalue weighted by atomic mass is 19.1. The van der Waals surface area contributed by atoms with Crippen LogP contribution in [0.4, 0.5) is 4.39 Å². The van der Waals surface area contributed by atoms with Crippen molar-refractivity contribution in [2.75, 3.05) is 13.6 Å². The van der Waals surface area contributed by atoms with Crippen molar-refractivity contribution in [2.24, 2.45) is 5.41 Å². The fraction of sp³-hybridized carbons (Fsp3) is 0.529. The molecule has 0 aromatic heterocycles. The zero-order valence-electron chi connectivity index (χ0n) is 12.8. The minimum Gasteiger partial charge on any atom is -0.349 e. The molecule has 118 valence electrons. The van der Waals surface area contributed by atoms with E-state index in [4.69, 9.17) is 0 Å². The average Bonchev–Trinajstić information content (AvgIpc) is 2.76. The minimum absolute atomic E-state index is 0.0139. The second-order valence-corrected chi connectivity index (χ2v) is 6.53. The third-order valence-electron chi connectivity index (χ3n) is 4.99. The van der Waals surface area contributed by atoms with Crippen LogP contribution in [0.3, 0.4) is 0 Å². The monoisotopic (exact) mass is 304 g/mol. The number of nitrogens with one attached hydrogen (secondary N) is 1. The Bertz CT molecular complexity index is 600. The van der Waals surface area contributed by atoms with Crippen molar-refractivity contribution in [1.29, 1.82) is 0 Å². The van der Waals surface area contributed by atoms with Gasteiger partial charge in [0.1, 0.15) is 5.82 Å². The van der Waals surface area contributed by atoms with Gasteiger partial charge in [0.25, 0.3) is 5.91 Å². The molecule has 2 fully saturated rings. The summed E-state index contributed by atoms with van der Waals surface area (Å²) in [5, 5.41) is 2.97. The highest BCUT2D eigenvalue weighted by Crippen LogP contribution is 2.44. The maximum Gasteiger partial charge on any atom is 0.251 e. The molecule has 1 aliphatic carbocycles. The van der Waals surface area contributed by atoms with Gasteiger partial charge in [-0.1, -0.05) is 12.5 Å². The molecule has 3 rings (SSSR count). The summed E-state index contributed by atoms with van der Waals surface area (Å²) >= 11 is 0. The average molecular weight is 304 g/mol. The molecule has 1 spiro atoms. The molecule has 1 aromatic rings. The number of amides is 2. The molecule has 0 bridgehead atoms. The first-order chi connectivity index (χ1) is 10.5. The van der Waals surface area contributed by atoms with Crippen molar-refractivity contribution in [3.05, 3.63) is 35.6 Å². The molecule has 2 amide bonds. The van der Waals surface area contributed by atoms with Gasteiger partial charge in [0.05, 0.1) is 5.41 Å². The van der Waals surface area contributed by atoms with Gasteiger partial charge in [-0.05, 0) is 43.9 Å². The molecule has 1 heterocycles. The third-order valence-corrected chi connectivity index (χ3v) is 4.99. The van der Waals surface area contributed by atoms with Gasteiger partial charge in [0.15, 0.2) is 0 Å². The summed E-state index contributed by atoms with van der Waals surface area (Å²) in [6.45, 7) is 0.795. The van der Waals surface area contributed by atoms with Crippen LogP contribution in [0, 0.1) is 11.2 Å². The van der Waals surface area contributed by atoms with Gasteiger partial charge < -0.3 is 10.2 Å². The van der Waals surface area contributed by atoms with Gasteiger partial charge in [0.2, 0.25) is 5.91 Å². The van der Waals surface area contributed by atoms with E-state index in [9.17, 15) is 14.0 Å². The quantitative estimate of drug-likeness (QED) is 0.912. The Morgan fingerprint density at radius 2 is 2.23 bits per heavy atom. The molecule has 2 aliphatic rings. The number of likely N-dealkylation sites (tertiary alicyclic amines) is 1. The van der Waals surface area contributed by atoms with Crippen molar-refractivity contribution in [2.45, 2.75) is 38.1 Å². The summed E-state index contributed by atoms with van der Waals surface area (Å²) in [5.74, 6) is -0.474. The largest absolute Gasteiger partial charge is 0.349 e. The number of rotatable bonds is 2. The summed E-state index contributed by atoms with van der Waals surface area (Å²) in [4.78, 5) is 26.4. The lowest BCUT2D eigenvalue weighted by Crippen LogP contribution is -2.45. The molecule has 1 aliphatic heterocycles. The van der Waals surface area contributed by atoms with Gasteiger partial charge in [-0.3, -0.25) is 9.59 Å². The lowest BCUT2D eigenvalue weighted by atomic mass is 9.71. The SMILES string of the molecule is CN1CC[C@]2(CCC[C@H](NC(=O)c3cccc(F)c3)C2)C1=O. The minimum atomic E-state index is -0.416. The zero-order valence-corrected chi connectivity index (χ0v) is 12.8. The predicted octanol–water partition coefficient (Wildman–Crippen LogP) is 2.35. The smallest absolute Gasteiger partial charge is 0.251 e. The molecule has 2 atom stereocenters. The van der Waals surface area contributed by atoms with Gasteiger partial charge in [-0.25, -0.2) is 4.39 Å². The van der Waals surface area contributed by atoms with E-state index in [2.05, 4.69) is 5.32 Å². The molecule has 1 saturated carbocycles. The summed E-state index contributed by atoms with van der Waals surface area (Å²) in [6.07, 6.45) is 4.28. The van der Waals surface area contributed by atoms with E-state index in [-0.39, 0.29) is 23.3 Å². The highest BCUT2D eigenvalue weighted by molar-refractivity contribution is 5.94. The van der Waals surface area contributed by atoms with Gasteiger partial charge in [0, 0.05) is 25.2 Å². The number of benzene rings is 1. The van der Waals surface area contributed by atoms with Crippen molar-refractivity contribution in [3.8, 4) is 0 Å². The molecule has 0 radical (unpaired) electrons. The van der Waals surface area contributed by atoms with E-state index < -0.39 is 5.82 Å². The maximum atomic E-state index is 13.2. The number of hydrogen-bond acceptors (Lipinski definition) is 2. The lowest BCUT2D eigenvalue weighted by molar-refractivity contribution is -0.136. The molecule has 4 nitrogen and oxygen atoms in total. The second kappa shape index (κ2) is 5.71. The number of carbonyl (C=O) groups is 2. The molecular weight excluding hydrogens is 283 g/mol. The normalized spacial score (nSPS) is 28.2. The summed E-state index contributed by atoms with van der Waals surface area (Å²) in [6, 6.07) is 5.68. The first kappa shape index (κ1) is 15.0.